The van der Waals surface area contributed by atoms with Crippen LogP contribution in [0.3, 0.4) is 0 Å². The molecule has 148 valence electrons. The van der Waals surface area contributed by atoms with Gasteiger partial charge in [0.1, 0.15) is 0 Å². The topological polar surface area (TPSA) is 83.7 Å². The number of rotatable bonds is 4. The van der Waals surface area contributed by atoms with Gasteiger partial charge in [0.2, 0.25) is 5.91 Å². The lowest BCUT2D eigenvalue weighted by molar-refractivity contribution is -0.131. The first-order chi connectivity index (χ1) is 11.5. The second-order valence-corrected chi connectivity index (χ2v) is 9.04. The van der Waals surface area contributed by atoms with Crippen molar-refractivity contribution in [1.82, 2.24) is 9.80 Å². The highest BCUT2D eigenvalue weighted by Crippen LogP contribution is 2.32. The van der Waals surface area contributed by atoms with E-state index in [9.17, 15) is 13.2 Å². The highest BCUT2D eigenvalue weighted by atomic mass is 35.5. The number of hydrogen-bond acceptors (Lipinski definition) is 5. The molecule has 2 atom stereocenters. The molecular weight excluding hydrogens is 397 g/mol. The molecule has 1 aromatic carbocycles. The molecular formula is C17H27Cl2N3O3S. The monoisotopic (exact) mass is 423 g/mol. The van der Waals surface area contributed by atoms with Crippen LogP contribution in [-0.2, 0) is 14.6 Å². The molecule has 0 unspecified atom stereocenters. The maximum absolute atomic E-state index is 12.6. The zero-order valence-electron chi connectivity index (χ0n) is 14.6. The Morgan fingerprint density at radius 2 is 1.69 bits per heavy atom. The van der Waals surface area contributed by atoms with E-state index < -0.39 is 9.84 Å². The zero-order chi connectivity index (χ0) is 17.2. The van der Waals surface area contributed by atoms with Gasteiger partial charge in [0, 0.05) is 32.1 Å². The summed E-state index contributed by atoms with van der Waals surface area (Å²) in [5.41, 5.74) is 7.15. The molecule has 0 bridgehead atoms. The van der Waals surface area contributed by atoms with Crippen LogP contribution < -0.4 is 5.73 Å². The van der Waals surface area contributed by atoms with Gasteiger partial charge in [0.15, 0.2) is 9.84 Å². The predicted octanol–water partition coefficient (Wildman–Crippen LogP) is 0.761. The maximum atomic E-state index is 12.6. The quantitative estimate of drug-likeness (QED) is 0.772. The molecule has 0 aliphatic carbocycles. The van der Waals surface area contributed by atoms with Crippen molar-refractivity contribution in [1.29, 1.82) is 0 Å². The molecule has 2 heterocycles. The lowest BCUT2D eigenvalue weighted by Gasteiger charge is -2.28. The van der Waals surface area contributed by atoms with Gasteiger partial charge in [-0.05, 0) is 18.0 Å². The first-order valence-electron chi connectivity index (χ1n) is 8.44. The second kappa shape index (κ2) is 9.90. The van der Waals surface area contributed by atoms with Crippen molar-refractivity contribution >= 4 is 40.6 Å². The van der Waals surface area contributed by atoms with E-state index in [4.69, 9.17) is 5.73 Å². The molecule has 9 heteroatoms. The van der Waals surface area contributed by atoms with Crippen LogP contribution in [-0.4, -0.2) is 74.9 Å². The van der Waals surface area contributed by atoms with E-state index >= 15 is 0 Å². The third-order valence-electron chi connectivity index (χ3n) is 5.12. The minimum absolute atomic E-state index is 0. The van der Waals surface area contributed by atoms with Crippen LogP contribution in [0, 0.1) is 5.92 Å². The molecule has 1 aromatic rings. The van der Waals surface area contributed by atoms with E-state index in [1.807, 2.05) is 28.0 Å². The Balaban J connectivity index is 0.00000169. The second-order valence-electron chi connectivity index (χ2n) is 6.74. The van der Waals surface area contributed by atoms with Crippen LogP contribution in [0.2, 0.25) is 0 Å². The average molecular weight is 424 g/mol. The molecule has 0 aromatic heterocycles. The first kappa shape index (κ1) is 23.2. The number of benzene rings is 1. The van der Waals surface area contributed by atoms with Gasteiger partial charge in [-0.1, -0.05) is 30.3 Å². The maximum Gasteiger partial charge on any atom is 0.236 e. The fraction of sp³-hybridized carbons (Fsp3) is 0.588. The minimum atomic E-state index is -2.91. The van der Waals surface area contributed by atoms with E-state index in [1.165, 1.54) is 5.56 Å². The molecule has 2 saturated heterocycles. The van der Waals surface area contributed by atoms with Gasteiger partial charge in [-0.2, -0.15) is 0 Å². The predicted molar refractivity (Wildman–Crippen MR) is 108 cm³/mol. The molecule has 2 aliphatic heterocycles. The fourth-order valence-corrected chi connectivity index (χ4v) is 4.87. The molecule has 1 amide bonds. The normalized spacial score (nSPS) is 25.2. The average Bonchev–Trinajstić information content (AvgIpc) is 3.02. The Morgan fingerprint density at radius 1 is 1.08 bits per heavy atom. The molecule has 0 radical (unpaired) electrons. The Hall–Kier alpha value is -0.860. The summed E-state index contributed by atoms with van der Waals surface area (Å²) in [5, 5.41) is 0. The van der Waals surface area contributed by atoms with Crippen LogP contribution in [0.25, 0.3) is 0 Å². The van der Waals surface area contributed by atoms with Crippen LogP contribution in [0.15, 0.2) is 30.3 Å². The summed E-state index contributed by atoms with van der Waals surface area (Å²) in [4.78, 5) is 16.4. The van der Waals surface area contributed by atoms with Gasteiger partial charge >= 0.3 is 0 Å². The molecule has 0 saturated carbocycles. The number of nitrogens with two attached hydrogens (primary N) is 1. The van der Waals surface area contributed by atoms with Crippen molar-refractivity contribution in [3.8, 4) is 0 Å². The van der Waals surface area contributed by atoms with Gasteiger partial charge in [-0.25, -0.2) is 8.42 Å². The zero-order valence-corrected chi connectivity index (χ0v) is 17.1. The summed E-state index contributed by atoms with van der Waals surface area (Å²) in [5.74, 6) is 0.933. The highest BCUT2D eigenvalue weighted by molar-refractivity contribution is 7.91. The SMILES string of the molecule is Cl.Cl.NC[C@@H]1CN(C(=O)CN2CCS(=O)(=O)CC2)C[C@H]1c1ccccc1. The summed E-state index contributed by atoms with van der Waals surface area (Å²) >= 11 is 0. The van der Waals surface area contributed by atoms with Crippen LogP contribution in [0.1, 0.15) is 11.5 Å². The fourth-order valence-electron chi connectivity index (χ4n) is 3.59. The lowest BCUT2D eigenvalue weighted by atomic mass is 9.89. The van der Waals surface area contributed by atoms with Crippen molar-refractivity contribution < 1.29 is 13.2 Å². The van der Waals surface area contributed by atoms with Gasteiger partial charge in [0.25, 0.3) is 0 Å². The number of nitrogens with zero attached hydrogens (tertiary/aromatic N) is 2. The van der Waals surface area contributed by atoms with Gasteiger partial charge < -0.3 is 10.6 Å². The Kier molecular flexibility index (Phi) is 8.82. The number of amides is 1. The summed E-state index contributed by atoms with van der Waals surface area (Å²) in [6.07, 6.45) is 0. The van der Waals surface area contributed by atoms with E-state index in [0.717, 1.165) is 0 Å². The number of likely N-dealkylation sites (tertiary alicyclic amines) is 1. The molecule has 26 heavy (non-hydrogen) atoms. The molecule has 2 aliphatic rings. The molecule has 2 N–H and O–H groups in total. The number of carbonyl (C=O) groups is 1. The van der Waals surface area contributed by atoms with E-state index in [0.29, 0.717) is 39.3 Å². The molecule has 0 spiro atoms. The Morgan fingerprint density at radius 3 is 2.27 bits per heavy atom. The van der Waals surface area contributed by atoms with Crippen LogP contribution in [0.5, 0.6) is 0 Å². The third-order valence-corrected chi connectivity index (χ3v) is 6.73. The Bertz CT molecular complexity index is 674. The van der Waals surface area contributed by atoms with Crippen molar-refractivity contribution in [3.05, 3.63) is 35.9 Å². The van der Waals surface area contributed by atoms with E-state index in [-0.39, 0.29) is 54.1 Å². The van der Waals surface area contributed by atoms with E-state index in [2.05, 4.69) is 12.1 Å². The summed E-state index contributed by atoms with van der Waals surface area (Å²) in [6, 6.07) is 10.2. The largest absolute Gasteiger partial charge is 0.341 e. The standard InChI is InChI=1S/C17H25N3O3S.2ClH/c18-10-15-11-20(12-16(15)14-4-2-1-3-5-14)17(21)13-19-6-8-24(22,23)9-7-19;;/h1-5,15-16H,6-13,18H2;2*1H/t15-,16+;;/m1../s1. The van der Waals surface area contributed by atoms with Crippen LogP contribution in [0.4, 0.5) is 0 Å². The number of carbonyl (C=O) groups excluding carboxylic acids is 1. The Labute approximate surface area is 167 Å². The van der Waals surface area contributed by atoms with Crippen LogP contribution >= 0.6 is 24.8 Å². The number of hydrogen-bond donors (Lipinski definition) is 1. The smallest absolute Gasteiger partial charge is 0.236 e. The van der Waals surface area contributed by atoms with Crippen molar-refractivity contribution in [2.45, 2.75) is 5.92 Å². The first-order valence-corrected chi connectivity index (χ1v) is 10.3. The summed E-state index contributed by atoms with van der Waals surface area (Å²) in [7, 11) is -2.91. The number of sulfone groups is 1. The third kappa shape index (κ3) is 5.57. The van der Waals surface area contributed by atoms with Gasteiger partial charge in [-0.15, -0.1) is 24.8 Å². The molecule has 3 rings (SSSR count). The van der Waals surface area contributed by atoms with Crippen molar-refractivity contribution in [2.75, 3.05) is 50.8 Å². The minimum Gasteiger partial charge on any atom is -0.341 e. The summed E-state index contributed by atoms with van der Waals surface area (Å²) in [6.45, 7) is 3.13. The highest BCUT2D eigenvalue weighted by Gasteiger charge is 2.36. The van der Waals surface area contributed by atoms with Gasteiger partial charge in [-0.3, -0.25) is 9.69 Å². The number of halogens is 2. The lowest BCUT2D eigenvalue weighted by Crippen LogP contribution is -2.46. The summed E-state index contributed by atoms with van der Waals surface area (Å²) < 4.78 is 23.0. The molecule has 6 nitrogen and oxygen atoms in total. The molecule has 2 fully saturated rings. The van der Waals surface area contributed by atoms with Crippen molar-refractivity contribution in [2.24, 2.45) is 11.7 Å². The van der Waals surface area contributed by atoms with Crippen molar-refractivity contribution in [3.63, 3.8) is 0 Å². The van der Waals surface area contributed by atoms with Gasteiger partial charge in [0.05, 0.1) is 18.1 Å². The van der Waals surface area contributed by atoms with E-state index in [1.54, 1.807) is 0 Å².